The fourth-order valence-electron chi connectivity index (χ4n) is 3.64. The second-order valence-corrected chi connectivity index (χ2v) is 9.28. The van der Waals surface area contributed by atoms with Crippen LogP contribution in [0, 0.1) is 17.0 Å². The molecule has 0 bridgehead atoms. The number of aryl methyl sites for hydroxylation is 1. The van der Waals surface area contributed by atoms with Crippen LogP contribution in [-0.2, 0) is 11.3 Å². The molecule has 1 fully saturated rings. The topological polar surface area (TPSA) is 97.6 Å². The lowest BCUT2D eigenvalue weighted by atomic mass is 9.99. The van der Waals surface area contributed by atoms with Gasteiger partial charge < -0.3 is 10.1 Å². The molecule has 3 rings (SSSR count). The Kier molecular flexibility index (Phi) is 6.97. The minimum atomic E-state index is -3.09. The van der Waals surface area contributed by atoms with Crippen LogP contribution in [0.25, 0.3) is 11.1 Å². The largest absolute Gasteiger partial charge is 0.444 e. The second kappa shape index (κ2) is 9.38. The summed E-state index contributed by atoms with van der Waals surface area (Å²) in [6.07, 6.45) is 0.288. The molecule has 0 aliphatic carbocycles. The predicted octanol–water partition coefficient (Wildman–Crippen LogP) is 4.70. The highest BCUT2D eigenvalue weighted by Gasteiger charge is 2.45. The maximum Gasteiger partial charge on any atom is 0.408 e. The van der Waals surface area contributed by atoms with Crippen molar-refractivity contribution >= 4 is 11.8 Å². The molecule has 1 N–H and O–H groups in total. The average molecular weight is 462 g/mol. The number of rotatable bonds is 5. The number of alkyl carbamates (subject to hydrolysis) is 1. The Morgan fingerprint density at radius 1 is 1.30 bits per heavy atom. The van der Waals surface area contributed by atoms with Gasteiger partial charge in [-0.2, -0.15) is 0 Å². The summed E-state index contributed by atoms with van der Waals surface area (Å²) in [7, 11) is 0. The van der Waals surface area contributed by atoms with E-state index < -0.39 is 35.0 Å². The van der Waals surface area contributed by atoms with Crippen LogP contribution < -0.4 is 5.32 Å². The van der Waals surface area contributed by atoms with E-state index in [1.807, 2.05) is 19.1 Å². The number of nitrogens with one attached hydrogen (secondary N) is 1. The van der Waals surface area contributed by atoms with Gasteiger partial charge in [0.1, 0.15) is 11.6 Å². The maximum absolute atomic E-state index is 14.5. The Hall–Kier alpha value is -3.14. The third-order valence-corrected chi connectivity index (χ3v) is 5.24. The Labute approximate surface area is 191 Å². The van der Waals surface area contributed by atoms with Gasteiger partial charge in [-0.15, -0.1) is 0 Å². The summed E-state index contributed by atoms with van der Waals surface area (Å²) in [5.41, 5.74) is 1.88. The van der Waals surface area contributed by atoms with E-state index in [4.69, 9.17) is 4.74 Å². The molecule has 1 aromatic carbocycles. The lowest BCUT2D eigenvalue weighted by Gasteiger charge is -2.38. The summed E-state index contributed by atoms with van der Waals surface area (Å²) < 4.78 is 34.1. The number of nitro groups is 1. The van der Waals surface area contributed by atoms with Crippen LogP contribution in [0.15, 0.2) is 36.5 Å². The number of piperidine rings is 1. The summed E-state index contributed by atoms with van der Waals surface area (Å²) in [5.74, 6) is -3.09. The molecular weight excluding hydrogens is 434 g/mol. The molecule has 0 radical (unpaired) electrons. The third kappa shape index (κ3) is 6.67. The highest BCUT2D eigenvalue weighted by molar-refractivity contribution is 5.68. The first-order valence-corrected chi connectivity index (χ1v) is 10.6. The average Bonchev–Trinajstić information content (AvgIpc) is 2.69. The molecule has 33 heavy (non-hydrogen) atoms. The van der Waals surface area contributed by atoms with Crippen LogP contribution in [0.1, 0.15) is 38.4 Å². The molecule has 2 aromatic rings. The Bertz CT molecular complexity index is 1020. The highest BCUT2D eigenvalue weighted by Crippen LogP contribution is 2.31. The van der Waals surface area contributed by atoms with E-state index in [1.54, 1.807) is 37.9 Å². The van der Waals surface area contributed by atoms with Gasteiger partial charge in [0.15, 0.2) is 0 Å². The number of ether oxygens (including phenoxy) is 1. The Balaban J connectivity index is 1.79. The van der Waals surface area contributed by atoms with Gasteiger partial charge >= 0.3 is 6.09 Å². The molecule has 1 aliphatic rings. The van der Waals surface area contributed by atoms with Crippen LogP contribution >= 0.6 is 0 Å². The first-order chi connectivity index (χ1) is 15.3. The number of nitro benzene ring substituents is 1. The van der Waals surface area contributed by atoms with Crippen molar-refractivity contribution in [3.63, 3.8) is 0 Å². The van der Waals surface area contributed by atoms with Crippen LogP contribution in [0.3, 0.4) is 0 Å². The number of pyridine rings is 1. The molecule has 8 nitrogen and oxygen atoms in total. The minimum absolute atomic E-state index is 0.0869. The lowest BCUT2D eigenvalue weighted by Crippen LogP contribution is -2.58. The zero-order chi connectivity index (χ0) is 24.4. The number of likely N-dealkylation sites (tertiary alicyclic amines) is 1. The summed E-state index contributed by atoms with van der Waals surface area (Å²) in [5, 5.41) is 13.8. The van der Waals surface area contributed by atoms with Gasteiger partial charge in [-0.05, 0) is 51.0 Å². The predicted molar refractivity (Wildman–Crippen MR) is 119 cm³/mol. The SMILES string of the molecule is Cc1ccc(-c2cc(CN3CCC(F)(F)C(NC(=O)OC(C)(C)C)C3)cc([N+](=O)[O-])c2)cn1. The van der Waals surface area contributed by atoms with E-state index in [0.29, 0.717) is 11.1 Å². The maximum atomic E-state index is 14.5. The summed E-state index contributed by atoms with van der Waals surface area (Å²) in [6, 6.07) is 6.91. The molecular formula is C23H28F2N4O4. The zero-order valence-electron chi connectivity index (χ0n) is 19.1. The van der Waals surface area contributed by atoms with Crippen molar-refractivity contribution in [1.29, 1.82) is 0 Å². The quantitative estimate of drug-likeness (QED) is 0.511. The summed E-state index contributed by atoms with van der Waals surface area (Å²) in [6.45, 7) is 7.00. The molecule has 1 saturated heterocycles. The normalized spacial score (nSPS) is 18.5. The van der Waals surface area contributed by atoms with Gasteiger partial charge in [-0.25, -0.2) is 13.6 Å². The first kappa shape index (κ1) is 24.5. The fourth-order valence-corrected chi connectivity index (χ4v) is 3.64. The number of aromatic nitrogens is 1. The number of hydrogen-bond donors (Lipinski definition) is 1. The number of nitrogens with zero attached hydrogens (tertiary/aromatic N) is 3. The number of hydrogen-bond acceptors (Lipinski definition) is 6. The summed E-state index contributed by atoms with van der Waals surface area (Å²) >= 11 is 0. The second-order valence-electron chi connectivity index (χ2n) is 9.28. The van der Waals surface area contributed by atoms with Gasteiger partial charge in [0.05, 0.1) is 4.92 Å². The fraction of sp³-hybridized carbons (Fsp3) is 0.478. The van der Waals surface area contributed by atoms with Crippen molar-refractivity contribution < 1.29 is 23.2 Å². The van der Waals surface area contributed by atoms with Crippen molar-refractivity contribution in [1.82, 2.24) is 15.2 Å². The van der Waals surface area contributed by atoms with Crippen LogP contribution in [0.4, 0.5) is 19.3 Å². The van der Waals surface area contributed by atoms with Crippen molar-refractivity contribution in [3.05, 3.63) is 57.9 Å². The lowest BCUT2D eigenvalue weighted by molar-refractivity contribution is -0.384. The van der Waals surface area contributed by atoms with Crippen LogP contribution in [0.5, 0.6) is 0 Å². The van der Waals surface area contributed by atoms with Crippen molar-refractivity contribution in [2.75, 3.05) is 13.1 Å². The molecule has 1 aromatic heterocycles. The molecule has 1 aliphatic heterocycles. The van der Waals surface area contributed by atoms with Gasteiger partial charge in [-0.1, -0.05) is 6.07 Å². The highest BCUT2D eigenvalue weighted by atomic mass is 19.3. The number of benzene rings is 1. The van der Waals surface area contributed by atoms with E-state index in [9.17, 15) is 23.7 Å². The summed E-state index contributed by atoms with van der Waals surface area (Å²) in [4.78, 5) is 29.0. The molecule has 1 unspecified atom stereocenters. The monoisotopic (exact) mass is 462 g/mol. The minimum Gasteiger partial charge on any atom is -0.444 e. The zero-order valence-corrected chi connectivity index (χ0v) is 19.1. The van der Waals surface area contributed by atoms with E-state index in [-0.39, 0.29) is 25.3 Å². The number of carbonyl (C=O) groups is 1. The van der Waals surface area contributed by atoms with Crippen molar-refractivity contribution in [2.24, 2.45) is 0 Å². The van der Waals surface area contributed by atoms with E-state index >= 15 is 0 Å². The Morgan fingerprint density at radius 2 is 2.03 bits per heavy atom. The van der Waals surface area contributed by atoms with Crippen molar-refractivity contribution in [2.45, 2.75) is 58.2 Å². The van der Waals surface area contributed by atoms with E-state index in [2.05, 4.69) is 10.3 Å². The van der Waals surface area contributed by atoms with Gasteiger partial charge in [0, 0.05) is 55.6 Å². The van der Waals surface area contributed by atoms with Gasteiger partial charge in [0.25, 0.3) is 11.6 Å². The molecule has 0 saturated carbocycles. The molecule has 2 heterocycles. The van der Waals surface area contributed by atoms with E-state index in [0.717, 1.165) is 11.3 Å². The molecule has 10 heteroatoms. The van der Waals surface area contributed by atoms with E-state index in [1.165, 1.54) is 12.1 Å². The molecule has 178 valence electrons. The smallest absolute Gasteiger partial charge is 0.408 e. The number of non-ortho nitro benzene ring substituents is 1. The molecule has 1 atom stereocenters. The van der Waals surface area contributed by atoms with Gasteiger partial charge in [0.2, 0.25) is 0 Å². The third-order valence-electron chi connectivity index (χ3n) is 5.24. The number of carbonyl (C=O) groups excluding carboxylic acids is 1. The number of halogens is 2. The standard InChI is InChI=1S/C23H28F2N4O4/c1-15-5-6-17(12-26-15)18-9-16(10-19(11-18)29(31)32)13-28-8-7-23(24,25)20(14-28)27-21(30)33-22(2,3)4/h5-6,9-12,20H,7-8,13-14H2,1-4H3,(H,27,30). The Morgan fingerprint density at radius 3 is 2.64 bits per heavy atom. The first-order valence-electron chi connectivity index (χ1n) is 10.6. The molecule has 1 amide bonds. The van der Waals surface area contributed by atoms with Crippen molar-refractivity contribution in [3.8, 4) is 11.1 Å². The van der Waals surface area contributed by atoms with Crippen LogP contribution in [0.2, 0.25) is 0 Å². The molecule has 0 spiro atoms. The van der Waals surface area contributed by atoms with Crippen LogP contribution in [-0.4, -0.2) is 51.6 Å². The number of alkyl halides is 2. The van der Waals surface area contributed by atoms with Gasteiger partial charge in [-0.3, -0.25) is 20.0 Å². The number of amides is 1.